The molecule has 2 rings (SSSR count). The first-order valence-electron chi connectivity index (χ1n) is 5.60. The Kier molecular flexibility index (Phi) is 5.02. The minimum atomic E-state index is -3.98. The third-order valence-corrected chi connectivity index (χ3v) is 4.74. The van der Waals surface area contributed by atoms with E-state index in [0.717, 1.165) is 6.21 Å². The monoisotopic (exact) mass is 433 g/mol. The number of hydrogen-bond donors (Lipinski definition) is 1. The van der Waals surface area contributed by atoms with Crippen molar-refractivity contribution in [2.45, 2.75) is 4.90 Å². The van der Waals surface area contributed by atoms with Gasteiger partial charge in [0.2, 0.25) is 0 Å². The molecule has 5 nitrogen and oxygen atoms in total. The number of hydrogen-bond acceptors (Lipinski definition) is 5. The van der Waals surface area contributed by atoms with Gasteiger partial charge < -0.3 is 9.39 Å². The highest BCUT2D eigenvalue weighted by Crippen LogP contribution is 2.34. The molecule has 0 aliphatic heterocycles. The molecule has 0 saturated heterocycles. The topological polar surface area (TPSA) is 76.0 Å². The van der Waals surface area contributed by atoms with Crippen molar-refractivity contribution in [3.05, 3.63) is 57.0 Å². The highest BCUT2D eigenvalue weighted by atomic mass is 79.9. The molecule has 2 aromatic rings. The van der Waals surface area contributed by atoms with Gasteiger partial charge in [0.05, 0.1) is 10.7 Å². The number of benzene rings is 2. The zero-order valence-electron chi connectivity index (χ0n) is 10.4. The first kappa shape index (κ1) is 16.0. The molecule has 0 radical (unpaired) electrons. The number of rotatable bonds is 4. The summed E-state index contributed by atoms with van der Waals surface area (Å²) in [6.45, 7) is 0. The van der Waals surface area contributed by atoms with Crippen LogP contribution in [0.4, 0.5) is 0 Å². The summed E-state index contributed by atoms with van der Waals surface area (Å²) < 4.78 is 30.7. The van der Waals surface area contributed by atoms with Gasteiger partial charge in [0.15, 0.2) is 5.75 Å². The fourth-order valence-corrected chi connectivity index (χ4v) is 4.01. The Morgan fingerprint density at radius 1 is 1.14 bits per heavy atom. The Bertz CT molecular complexity index is 776. The molecule has 1 N–H and O–H groups in total. The Morgan fingerprint density at radius 2 is 1.81 bits per heavy atom. The quantitative estimate of drug-likeness (QED) is 0.343. The predicted molar refractivity (Wildman–Crippen MR) is 85.5 cm³/mol. The van der Waals surface area contributed by atoms with Crippen LogP contribution in [0.1, 0.15) is 5.56 Å². The van der Waals surface area contributed by atoms with Crippen LogP contribution in [0, 0.1) is 0 Å². The molecule has 0 spiro atoms. The van der Waals surface area contributed by atoms with Gasteiger partial charge in [0.25, 0.3) is 0 Å². The third kappa shape index (κ3) is 3.84. The summed E-state index contributed by atoms with van der Waals surface area (Å²) >= 11 is 6.49. The second-order valence-electron chi connectivity index (χ2n) is 3.90. The first-order chi connectivity index (χ1) is 9.94. The lowest BCUT2D eigenvalue weighted by atomic mass is 10.2. The van der Waals surface area contributed by atoms with Gasteiger partial charge >= 0.3 is 10.1 Å². The van der Waals surface area contributed by atoms with Crippen molar-refractivity contribution in [3.8, 4) is 5.75 Å². The maximum atomic E-state index is 12.2. The van der Waals surface area contributed by atoms with Crippen LogP contribution in [0.15, 0.2) is 61.5 Å². The molecule has 110 valence electrons. The molecule has 0 aliphatic rings. The van der Waals surface area contributed by atoms with E-state index >= 15 is 0 Å². The summed E-state index contributed by atoms with van der Waals surface area (Å²) in [5, 5.41) is 11.6. The van der Waals surface area contributed by atoms with Crippen LogP contribution in [-0.4, -0.2) is 19.8 Å². The summed E-state index contributed by atoms with van der Waals surface area (Å²) in [5.41, 5.74) is 0.304. The molecular weight excluding hydrogens is 426 g/mol. The zero-order chi connectivity index (χ0) is 15.5. The van der Waals surface area contributed by atoms with E-state index in [1.165, 1.54) is 12.1 Å². The molecule has 0 heterocycles. The normalized spacial score (nSPS) is 11.7. The molecule has 2 aromatic carbocycles. The third-order valence-electron chi connectivity index (χ3n) is 2.46. The smallest absolute Gasteiger partial charge is 0.339 e. The molecule has 0 saturated carbocycles. The van der Waals surface area contributed by atoms with E-state index < -0.39 is 10.1 Å². The highest BCUT2D eigenvalue weighted by Gasteiger charge is 2.20. The van der Waals surface area contributed by atoms with Crippen molar-refractivity contribution in [1.82, 2.24) is 0 Å². The van der Waals surface area contributed by atoms with Gasteiger partial charge in [-0.25, -0.2) is 0 Å². The maximum absolute atomic E-state index is 12.2. The summed E-state index contributed by atoms with van der Waals surface area (Å²) in [6, 6.07) is 11.0. The SMILES string of the molecule is O=S(=O)(Oc1c(Br)cc(Br)cc1/C=N\O)c1ccccc1. The largest absolute Gasteiger partial charge is 0.411 e. The van der Waals surface area contributed by atoms with Gasteiger partial charge in [-0.1, -0.05) is 39.3 Å². The lowest BCUT2D eigenvalue weighted by molar-refractivity contribution is 0.321. The molecular formula is C13H9Br2NO4S. The van der Waals surface area contributed by atoms with E-state index in [-0.39, 0.29) is 10.6 Å². The van der Waals surface area contributed by atoms with Crippen LogP contribution >= 0.6 is 31.9 Å². The molecule has 0 fully saturated rings. The number of halogens is 2. The fraction of sp³-hybridized carbons (Fsp3) is 0. The Labute approximate surface area is 138 Å². The minimum absolute atomic E-state index is 0.0340. The number of oxime groups is 1. The summed E-state index contributed by atoms with van der Waals surface area (Å²) in [6.07, 6.45) is 1.09. The van der Waals surface area contributed by atoms with E-state index in [1.807, 2.05) is 0 Å². The first-order valence-corrected chi connectivity index (χ1v) is 8.59. The second-order valence-corrected chi connectivity index (χ2v) is 7.22. The average Bonchev–Trinajstić information content (AvgIpc) is 2.44. The van der Waals surface area contributed by atoms with Crippen LogP contribution in [0.25, 0.3) is 0 Å². The minimum Gasteiger partial charge on any atom is -0.411 e. The van der Waals surface area contributed by atoms with Gasteiger partial charge in [0, 0.05) is 10.0 Å². The van der Waals surface area contributed by atoms with E-state index in [2.05, 4.69) is 37.0 Å². The van der Waals surface area contributed by atoms with Crippen LogP contribution in [0.3, 0.4) is 0 Å². The van der Waals surface area contributed by atoms with E-state index in [1.54, 1.807) is 30.3 Å². The highest BCUT2D eigenvalue weighted by molar-refractivity contribution is 9.11. The van der Waals surface area contributed by atoms with Crippen molar-refractivity contribution >= 4 is 48.2 Å². The van der Waals surface area contributed by atoms with Crippen LogP contribution in [-0.2, 0) is 10.1 Å². The standard InChI is InChI=1S/C13H9Br2NO4S/c14-10-6-9(8-16-17)13(12(15)7-10)20-21(18,19)11-4-2-1-3-5-11/h1-8,17H/b16-8-. The molecule has 0 atom stereocenters. The second kappa shape index (κ2) is 6.59. The lowest BCUT2D eigenvalue weighted by Gasteiger charge is -2.11. The van der Waals surface area contributed by atoms with Gasteiger partial charge in [-0.3, -0.25) is 0 Å². The molecule has 8 heteroatoms. The molecule has 0 aliphatic carbocycles. The van der Waals surface area contributed by atoms with Crippen LogP contribution in [0.5, 0.6) is 5.75 Å². The Balaban J connectivity index is 2.49. The van der Waals surface area contributed by atoms with E-state index in [0.29, 0.717) is 14.5 Å². The summed E-state index contributed by atoms with van der Waals surface area (Å²) in [4.78, 5) is 0.0340. The van der Waals surface area contributed by atoms with Crippen molar-refractivity contribution in [2.75, 3.05) is 0 Å². The van der Waals surface area contributed by atoms with Crippen molar-refractivity contribution < 1.29 is 17.8 Å². The van der Waals surface area contributed by atoms with Crippen LogP contribution in [0.2, 0.25) is 0 Å². The maximum Gasteiger partial charge on any atom is 0.339 e. The molecule has 0 bridgehead atoms. The van der Waals surface area contributed by atoms with Gasteiger partial charge in [0.1, 0.15) is 4.90 Å². The van der Waals surface area contributed by atoms with Crippen molar-refractivity contribution in [2.24, 2.45) is 5.16 Å². The Morgan fingerprint density at radius 3 is 2.43 bits per heavy atom. The van der Waals surface area contributed by atoms with Crippen molar-refractivity contribution in [3.63, 3.8) is 0 Å². The Hall–Kier alpha value is -1.38. The summed E-state index contributed by atoms with van der Waals surface area (Å²) in [5.74, 6) is 0.0415. The van der Waals surface area contributed by atoms with E-state index in [9.17, 15) is 8.42 Å². The fourth-order valence-electron chi connectivity index (χ4n) is 1.57. The average molecular weight is 435 g/mol. The summed E-state index contributed by atoms with van der Waals surface area (Å²) in [7, 11) is -3.98. The predicted octanol–water partition coefficient (Wildman–Crippen LogP) is 3.79. The zero-order valence-corrected chi connectivity index (χ0v) is 14.4. The molecule has 21 heavy (non-hydrogen) atoms. The van der Waals surface area contributed by atoms with E-state index in [4.69, 9.17) is 9.39 Å². The van der Waals surface area contributed by atoms with Gasteiger partial charge in [-0.05, 0) is 40.2 Å². The molecule has 0 aromatic heterocycles. The molecule has 0 unspecified atom stereocenters. The van der Waals surface area contributed by atoms with Crippen molar-refractivity contribution in [1.29, 1.82) is 0 Å². The molecule has 0 amide bonds. The van der Waals surface area contributed by atoms with Gasteiger partial charge in [-0.2, -0.15) is 8.42 Å². The van der Waals surface area contributed by atoms with Gasteiger partial charge in [-0.15, -0.1) is 0 Å². The number of nitrogens with zero attached hydrogens (tertiary/aromatic N) is 1. The van der Waals surface area contributed by atoms with Crippen LogP contribution < -0.4 is 4.18 Å². The lowest BCUT2D eigenvalue weighted by Crippen LogP contribution is -2.11.